The van der Waals surface area contributed by atoms with Crippen molar-refractivity contribution in [2.45, 2.75) is 0 Å². The van der Waals surface area contributed by atoms with Gasteiger partial charge >= 0.3 is 0 Å². The van der Waals surface area contributed by atoms with E-state index >= 15 is 0 Å². The van der Waals surface area contributed by atoms with E-state index in [1.165, 1.54) is 0 Å². The highest BCUT2D eigenvalue weighted by Gasteiger charge is 2.11. The number of ether oxygens (including phenoxy) is 1. The molecule has 0 N–H and O–H groups in total. The molecule has 0 bridgehead atoms. The highest BCUT2D eigenvalue weighted by Crippen LogP contribution is 2.28. The molecule has 0 aliphatic heterocycles. The summed E-state index contributed by atoms with van der Waals surface area (Å²) in [6, 6.07) is 20.2. The summed E-state index contributed by atoms with van der Waals surface area (Å²) in [6.07, 6.45) is 0. The van der Waals surface area contributed by atoms with Crippen LogP contribution in [-0.4, -0.2) is 4.98 Å². The normalized spacial score (nSPS) is 9.81. The first-order valence-corrected chi connectivity index (χ1v) is 6.28. The topological polar surface area (TPSA) is 69.7 Å². The third kappa shape index (κ3) is 2.39. The number of hydrogen-bond acceptors (Lipinski definition) is 4. The van der Waals surface area contributed by atoms with Gasteiger partial charge in [-0.2, -0.15) is 10.5 Å². The minimum atomic E-state index is 0.207. The molecule has 4 nitrogen and oxygen atoms in total. The van der Waals surface area contributed by atoms with E-state index in [0.717, 1.165) is 10.9 Å². The molecule has 0 aliphatic carbocycles. The Morgan fingerprint density at radius 1 is 0.857 bits per heavy atom. The summed E-state index contributed by atoms with van der Waals surface area (Å²) in [5, 5.41) is 19.2. The molecule has 4 heteroatoms. The largest absolute Gasteiger partial charge is 0.436 e. The van der Waals surface area contributed by atoms with Gasteiger partial charge in [-0.1, -0.05) is 30.3 Å². The second-order valence-corrected chi connectivity index (χ2v) is 4.36. The van der Waals surface area contributed by atoms with Crippen molar-refractivity contribution >= 4 is 10.9 Å². The molecule has 3 rings (SSSR count). The molecule has 0 unspecified atom stereocenters. The van der Waals surface area contributed by atoms with Gasteiger partial charge in [0, 0.05) is 5.39 Å². The third-order valence-corrected chi connectivity index (χ3v) is 3.02. The minimum Gasteiger partial charge on any atom is -0.436 e. The van der Waals surface area contributed by atoms with E-state index < -0.39 is 0 Å². The zero-order valence-electron chi connectivity index (χ0n) is 10.9. The average Bonchev–Trinajstić information content (AvgIpc) is 2.54. The Hall–Kier alpha value is -3.37. The Morgan fingerprint density at radius 2 is 1.57 bits per heavy atom. The number of nitrogens with zero attached hydrogens (tertiary/aromatic N) is 3. The molecule has 0 atom stereocenters. The molecule has 0 saturated heterocycles. The molecule has 0 radical (unpaired) electrons. The average molecular weight is 271 g/mol. The van der Waals surface area contributed by atoms with E-state index in [-0.39, 0.29) is 5.88 Å². The lowest BCUT2D eigenvalue weighted by Crippen LogP contribution is -1.94. The molecule has 0 fully saturated rings. The fourth-order valence-electron chi connectivity index (χ4n) is 2.01. The van der Waals surface area contributed by atoms with Crippen LogP contribution < -0.4 is 4.74 Å². The van der Waals surface area contributed by atoms with Crippen LogP contribution in [0.2, 0.25) is 0 Å². The molecule has 21 heavy (non-hydrogen) atoms. The molecule has 98 valence electrons. The van der Waals surface area contributed by atoms with Gasteiger partial charge < -0.3 is 4.74 Å². The van der Waals surface area contributed by atoms with E-state index in [9.17, 15) is 5.26 Å². The predicted molar refractivity (Wildman–Crippen MR) is 77.7 cm³/mol. The molecule has 1 heterocycles. The summed E-state index contributed by atoms with van der Waals surface area (Å²) in [5.74, 6) is 0.596. The van der Waals surface area contributed by atoms with Crippen LogP contribution in [0.25, 0.3) is 10.9 Å². The number of rotatable bonds is 2. The Morgan fingerprint density at radius 3 is 2.38 bits per heavy atom. The molecule has 0 spiro atoms. The number of benzene rings is 2. The SMILES string of the molecule is N#Cc1ccccc1Oc1nc2ccccc2cc1C#N. The second kappa shape index (κ2) is 5.32. The van der Waals surface area contributed by atoms with Crippen molar-refractivity contribution in [3.63, 3.8) is 0 Å². The first-order valence-electron chi connectivity index (χ1n) is 6.28. The summed E-state index contributed by atoms with van der Waals surface area (Å²) in [7, 11) is 0. The highest BCUT2D eigenvalue weighted by atomic mass is 16.5. The smallest absolute Gasteiger partial charge is 0.237 e. The van der Waals surface area contributed by atoms with E-state index in [0.29, 0.717) is 16.9 Å². The fraction of sp³-hybridized carbons (Fsp3) is 0. The lowest BCUT2D eigenvalue weighted by Gasteiger charge is -2.08. The zero-order valence-corrected chi connectivity index (χ0v) is 10.9. The summed E-state index contributed by atoms with van der Waals surface area (Å²) in [4.78, 5) is 4.36. The summed E-state index contributed by atoms with van der Waals surface area (Å²) < 4.78 is 5.67. The van der Waals surface area contributed by atoms with Gasteiger partial charge in [0.05, 0.1) is 11.1 Å². The van der Waals surface area contributed by atoms with Gasteiger partial charge in [0.15, 0.2) is 0 Å². The Kier molecular flexibility index (Phi) is 3.21. The maximum absolute atomic E-state index is 9.25. The molecule has 2 aromatic carbocycles. The first kappa shape index (κ1) is 12.7. The monoisotopic (exact) mass is 271 g/mol. The lowest BCUT2D eigenvalue weighted by atomic mass is 10.1. The standard InChI is InChI=1S/C17H9N3O/c18-10-13-6-2-4-8-16(13)21-17-14(11-19)9-12-5-1-3-7-15(12)20-17/h1-9H. The van der Waals surface area contributed by atoms with Gasteiger partial charge in [-0.25, -0.2) is 4.98 Å². The van der Waals surface area contributed by atoms with Crippen molar-refractivity contribution in [3.05, 3.63) is 65.7 Å². The van der Waals surface area contributed by atoms with Gasteiger partial charge in [0.2, 0.25) is 5.88 Å². The van der Waals surface area contributed by atoms with Gasteiger partial charge in [0.1, 0.15) is 23.5 Å². The fourth-order valence-corrected chi connectivity index (χ4v) is 2.01. The maximum atomic E-state index is 9.25. The molecule has 3 aromatic rings. The van der Waals surface area contributed by atoms with Crippen molar-refractivity contribution < 1.29 is 4.74 Å². The van der Waals surface area contributed by atoms with E-state index in [1.54, 1.807) is 30.3 Å². The minimum absolute atomic E-state index is 0.207. The number of fused-ring (bicyclic) bond motifs is 1. The zero-order chi connectivity index (χ0) is 14.7. The summed E-state index contributed by atoms with van der Waals surface area (Å²) in [6.45, 7) is 0. The van der Waals surface area contributed by atoms with Gasteiger partial charge in [-0.15, -0.1) is 0 Å². The van der Waals surface area contributed by atoms with Gasteiger partial charge in [-0.05, 0) is 24.3 Å². The number of hydrogen-bond donors (Lipinski definition) is 0. The highest BCUT2D eigenvalue weighted by molar-refractivity contribution is 5.81. The van der Waals surface area contributed by atoms with Gasteiger partial charge in [-0.3, -0.25) is 0 Å². The summed E-state index contributed by atoms with van der Waals surface area (Å²) in [5.41, 5.74) is 1.47. The number of nitriles is 2. The van der Waals surface area contributed by atoms with Crippen molar-refractivity contribution in [2.75, 3.05) is 0 Å². The number of aromatic nitrogens is 1. The number of para-hydroxylation sites is 2. The molecule has 0 aliphatic rings. The molecule has 0 saturated carbocycles. The second-order valence-electron chi connectivity index (χ2n) is 4.36. The number of pyridine rings is 1. The molecular formula is C17H9N3O. The maximum Gasteiger partial charge on any atom is 0.237 e. The van der Waals surface area contributed by atoms with Crippen molar-refractivity contribution in [3.8, 4) is 23.8 Å². The molecule has 1 aromatic heterocycles. The van der Waals surface area contributed by atoms with E-state index in [1.807, 2.05) is 24.3 Å². The van der Waals surface area contributed by atoms with Crippen LogP contribution in [0.5, 0.6) is 11.6 Å². The van der Waals surface area contributed by atoms with Crippen LogP contribution in [0.15, 0.2) is 54.6 Å². The summed E-state index contributed by atoms with van der Waals surface area (Å²) >= 11 is 0. The van der Waals surface area contributed by atoms with E-state index in [2.05, 4.69) is 17.1 Å². The van der Waals surface area contributed by atoms with Crippen LogP contribution >= 0.6 is 0 Å². The predicted octanol–water partition coefficient (Wildman–Crippen LogP) is 3.77. The van der Waals surface area contributed by atoms with Crippen molar-refractivity contribution in [1.82, 2.24) is 4.98 Å². The van der Waals surface area contributed by atoms with Crippen LogP contribution in [0.4, 0.5) is 0 Å². The Labute approximate surface area is 121 Å². The molecule has 0 amide bonds. The Bertz CT molecular complexity index is 904. The van der Waals surface area contributed by atoms with Crippen molar-refractivity contribution in [2.24, 2.45) is 0 Å². The lowest BCUT2D eigenvalue weighted by molar-refractivity contribution is 0.462. The van der Waals surface area contributed by atoms with Crippen LogP contribution in [0.3, 0.4) is 0 Å². The van der Waals surface area contributed by atoms with Crippen LogP contribution in [0.1, 0.15) is 11.1 Å². The Balaban J connectivity index is 2.12. The molecular weight excluding hydrogens is 262 g/mol. The first-order chi connectivity index (χ1) is 10.3. The van der Waals surface area contributed by atoms with Crippen molar-refractivity contribution in [1.29, 1.82) is 10.5 Å². The third-order valence-electron chi connectivity index (χ3n) is 3.02. The quantitative estimate of drug-likeness (QED) is 0.711. The van der Waals surface area contributed by atoms with E-state index in [4.69, 9.17) is 10.00 Å². The van der Waals surface area contributed by atoms with Gasteiger partial charge in [0.25, 0.3) is 0 Å². The van der Waals surface area contributed by atoms with Crippen LogP contribution in [0, 0.1) is 22.7 Å². The van der Waals surface area contributed by atoms with Crippen LogP contribution in [-0.2, 0) is 0 Å².